The number of nitrogens with one attached hydrogen (secondary N) is 2. The van der Waals surface area contributed by atoms with Gasteiger partial charge >= 0.3 is 0 Å². The normalized spacial score (nSPS) is 12.8. The molecule has 0 aliphatic heterocycles. The quantitative estimate of drug-likeness (QED) is 0.390. The molecule has 0 aliphatic carbocycles. The van der Waals surface area contributed by atoms with Crippen molar-refractivity contribution in [3.8, 4) is 5.75 Å². The van der Waals surface area contributed by atoms with Crippen molar-refractivity contribution in [3.63, 3.8) is 0 Å². The Hall–Kier alpha value is -1.46. The first-order valence-corrected chi connectivity index (χ1v) is 8.48. The number of ether oxygens (including phenoxy) is 2. The van der Waals surface area contributed by atoms with Crippen molar-refractivity contribution in [1.29, 1.82) is 0 Å². The van der Waals surface area contributed by atoms with E-state index in [9.17, 15) is 0 Å². The van der Waals surface area contributed by atoms with E-state index in [1.54, 1.807) is 7.05 Å². The zero-order valence-electron chi connectivity index (χ0n) is 14.3. The van der Waals surface area contributed by atoms with E-state index in [0.29, 0.717) is 11.6 Å². The van der Waals surface area contributed by atoms with Crippen LogP contribution >= 0.6 is 11.6 Å². The molecule has 0 spiro atoms. The Bertz CT molecular complexity index is 469. The van der Waals surface area contributed by atoms with Crippen LogP contribution in [0.15, 0.2) is 29.3 Å². The summed E-state index contributed by atoms with van der Waals surface area (Å²) in [6.07, 6.45) is 2.10. The highest BCUT2D eigenvalue weighted by atomic mass is 35.5. The third-order valence-corrected chi connectivity index (χ3v) is 3.36. The lowest BCUT2D eigenvalue weighted by Crippen LogP contribution is -2.42. The highest BCUT2D eigenvalue weighted by Crippen LogP contribution is 2.18. The molecule has 1 rings (SSSR count). The van der Waals surface area contributed by atoms with E-state index in [0.717, 1.165) is 44.3 Å². The number of halogens is 1. The number of aliphatic imine (C=N–C) groups is 1. The monoisotopic (exact) mass is 341 g/mol. The van der Waals surface area contributed by atoms with Gasteiger partial charge in [0.2, 0.25) is 0 Å². The maximum Gasteiger partial charge on any atom is 0.191 e. The number of benzene rings is 1. The topological polar surface area (TPSA) is 54.9 Å². The molecular weight excluding hydrogens is 314 g/mol. The number of unbranched alkanes of at least 4 members (excludes halogenated alkanes) is 1. The molecule has 1 atom stereocenters. The van der Waals surface area contributed by atoms with Crippen molar-refractivity contribution >= 4 is 17.6 Å². The molecule has 0 aliphatic rings. The minimum atomic E-state index is 0.00460. The highest BCUT2D eigenvalue weighted by Gasteiger charge is 2.06. The van der Waals surface area contributed by atoms with Crippen LogP contribution in [0.25, 0.3) is 0 Å². The van der Waals surface area contributed by atoms with Gasteiger partial charge < -0.3 is 20.1 Å². The molecule has 1 aromatic rings. The van der Waals surface area contributed by atoms with Crippen molar-refractivity contribution in [2.24, 2.45) is 4.99 Å². The summed E-state index contributed by atoms with van der Waals surface area (Å²) in [4.78, 5) is 4.20. The Morgan fingerprint density at radius 2 is 2.13 bits per heavy atom. The molecule has 0 amide bonds. The van der Waals surface area contributed by atoms with Crippen molar-refractivity contribution in [2.45, 2.75) is 32.8 Å². The summed E-state index contributed by atoms with van der Waals surface area (Å²) in [5.74, 6) is 1.55. The van der Waals surface area contributed by atoms with E-state index in [4.69, 9.17) is 21.1 Å². The molecule has 1 aromatic carbocycles. The number of guanidine groups is 1. The second-order valence-electron chi connectivity index (χ2n) is 5.17. The van der Waals surface area contributed by atoms with Crippen molar-refractivity contribution in [1.82, 2.24) is 10.6 Å². The smallest absolute Gasteiger partial charge is 0.191 e. The third kappa shape index (κ3) is 9.31. The van der Waals surface area contributed by atoms with Crippen LogP contribution < -0.4 is 15.4 Å². The predicted octanol–water partition coefficient (Wildman–Crippen LogP) is 3.09. The largest absolute Gasteiger partial charge is 0.489 e. The molecule has 130 valence electrons. The number of nitrogens with zero attached hydrogens (tertiary/aromatic N) is 1. The highest BCUT2D eigenvalue weighted by molar-refractivity contribution is 6.30. The van der Waals surface area contributed by atoms with Crippen LogP contribution in [0.1, 0.15) is 26.7 Å². The molecule has 5 nitrogen and oxygen atoms in total. The number of rotatable bonds is 10. The van der Waals surface area contributed by atoms with Crippen molar-refractivity contribution in [3.05, 3.63) is 29.3 Å². The molecule has 0 fully saturated rings. The van der Waals surface area contributed by atoms with Gasteiger partial charge in [-0.05, 0) is 44.9 Å². The van der Waals surface area contributed by atoms with Crippen LogP contribution in [-0.2, 0) is 4.74 Å². The van der Waals surface area contributed by atoms with E-state index in [-0.39, 0.29) is 6.10 Å². The Labute approximate surface area is 144 Å². The van der Waals surface area contributed by atoms with Gasteiger partial charge in [0, 0.05) is 31.8 Å². The zero-order chi connectivity index (χ0) is 16.9. The first-order valence-electron chi connectivity index (χ1n) is 8.10. The third-order valence-electron chi connectivity index (χ3n) is 3.13. The summed E-state index contributed by atoms with van der Waals surface area (Å²) < 4.78 is 11.1. The lowest BCUT2D eigenvalue weighted by atomic mass is 10.3. The summed E-state index contributed by atoms with van der Waals surface area (Å²) in [5, 5.41) is 7.21. The molecule has 0 aromatic heterocycles. The standard InChI is InChI=1S/C17H28ClN3O2/c1-4-22-11-6-5-10-20-17(19-3)21-13-14(2)23-16-9-7-8-15(18)12-16/h7-9,12,14H,4-6,10-11,13H2,1-3H3,(H2,19,20,21). The Morgan fingerprint density at radius 1 is 1.30 bits per heavy atom. The van der Waals surface area contributed by atoms with Gasteiger partial charge in [0.05, 0.1) is 6.54 Å². The SMILES string of the molecule is CCOCCCCNC(=NC)NCC(C)Oc1cccc(Cl)c1. The van der Waals surface area contributed by atoms with E-state index in [2.05, 4.69) is 15.6 Å². The lowest BCUT2D eigenvalue weighted by molar-refractivity contribution is 0.143. The molecule has 1 unspecified atom stereocenters. The summed E-state index contributed by atoms with van der Waals surface area (Å²) in [6.45, 7) is 7.14. The van der Waals surface area contributed by atoms with Gasteiger partial charge in [0.15, 0.2) is 5.96 Å². The Kier molecular flexibility index (Phi) is 10.2. The molecule has 0 saturated heterocycles. The Balaban J connectivity index is 2.20. The second-order valence-corrected chi connectivity index (χ2v) is 5.61. The molecule has 6 heteroatoms. The maximum absolute atomic E-state index is 5.95. The van der Waals surface area contributed by atoms with Gasteiger partial charge in [-0.2, -0.15) is 0 Å². The van der Waals surface area contributed by atoms with Gasteiger partial charge in [0.25, 0.3) is 0 Å². The molecule has 0 saturated carbocycles. The van der Waals surface area contributed by atoms with E-state index < -0.39 is 0 Å². The molecule has 23 heavy (non-hydrogen) atoms. The maximum atomic E-state index is 5.95. The van der Waals surface area contributed by atoms with Crippen LogP contribution in [0, 0.1) is 0 Å². The minimum absolute atomic E-state index is 0.00460. The Morgan fingerprint density at radius 3 is 2.83 bits per heavy atom. The van der Waals surface area contributed by atoms with Gasteiger partial charge in [-0.25, -0.2) is 0 Å². The summed E-state index contributed by atoms with van der Waals surface area (Å²) in [7, 11) is 1.76. The molecule has 2 N–H and O–H groups in total. The van der Waals surface area contributed by atoms with E-state index >= 15 is 0 Å². The fourth-order valence-corrected chi connectivity index (χ4v) is 2.14. The van der Waals surface area contributed by atoms with Crippen LogP contribution in [0.5, 0.6) is 5.75 Å². The molecule has 0 bridgehead atoms. The fourth-order valence-electron chi connectivity index (χ4n) is 1.96. The first-order chi connectivity index (χ1) is 11.2. The van der Waals surface area contributed by atoms with Gasteiger partial charge in [-0.1, -0.05) is 17.7 Å². The van der Waals surface area contributed by atoms with Crippen LogP contribution in [0.4, 0.5) is 0 Å². The van der Waals surface area contributed by atoms with Crippen molar-refractivity contribution in [2.75, 3.05) is 33.4 Å². The van der Waals surface area contributed by atoms with Crippen LogP contribution in [0.2, 0.25) is 5.02 Å². The summed E-state index contributed by atoms with van der Waals surface area (Å²) >= 11 is 5.95. The number of hydrogen-bond donors (Lipinski definition) is 2. The van der Waals surface area contributed by atoms with Crippen LogP contribution in [0.3, 0.4) is 0 Å². The lowest BCUT2D eigenvalue weighted by Gasteiger charge is -2.18. The van der Waals surface area contributed by atoms with Crippen molar-refractivity contribution < 1.29 is 9.47 Å². The molecule has 0 radical (unpaired) electrons. The second kappa shape index (κ2) is 12.0. The first kappa shape index (κ1) is 19.6. The predicted molar refractivity (Wildman–Crippen MR) is 96.6 cm³/mol. The van der Waals surface area contributed by atoms with Crippen LogP contribution in [-0.4, -0.2) is 45.4 Å². The number of hydrogen-bond acceptors (Lipinski definition) is 3. The summed E-state index contributed by atoms with van der Waals surface area (Å²) in [5.41, 5.74) is 0. The minimum Gasteiger partial charge on any atom is -0.489 e. The van der Waals surface area contributed by atoms with Gasteiger partial charge in [-0.3, -0.25) is 4.99 Å². The van der Waals surface area contributed by atoms with E-state index in [1.165, 1.54) is 0 Å². The fraction of sp³-hybridized carbons (Fsp3) is 0.588. The van der Waals surface area contributed by atoms with Gasteiger partial charge in [0.1, 0.15) is 11.9 Å². The molecular formula is C17H28ClN3O2. The van der Waals surface area contributed by atoms with Gasteiger partial charge in [-0.15, -0.1) is 0 Å². The van der Waals surface area contributed by atoms with E-state index in [1.807, 2.05) is 38.1 Å². The average molecular weight is 342 g/mol. The summed E-state index contributed by atoms with van der Waals surface area (Å²) in [6, 6.07) is 7.41. The molecule has 0 heterocycles. The average Bonchev–Trinajstić information content (AvgIpc) is 2.53. The zero-order valence-corrected chi connectivity index (χ0v) is 15.0.